The minimum Gasteiger partial charge on any atom is -0.508 e. The predicted molar refractivity (Wildman–Crippen MR) is 47.9 cm³/mol. The lowest BCUT2D eigenvalue weighted by Crippen LogP contribution is -2.26. The van der Waals surface area contributed by atoms with E-state index in [4.69, 9.17) is 4.74 Å². The number of hydrogen-bond donors (Lipinski definition) is 2. The molecule has 0 aliphatic carbocycles. The largest absolute Gasteiger partial charge is 0.508 e. The highest BCUT2D eigenvalue weighted by molar-refractivity contribution is 5.46. The summed E-state index contributed by atoms with van der Waals surface area (Å²) in [4.78, 5) is 0. The maximum absolute atomic E-state index is 9.47. The molecular formula is C10H12O3. The van der Waals surface area contributed by atoms with Gasteiger partial charge in [0.25, 0.3) is 0 Å². The second-order valence-corrected chi connectivity index (χ2v) is 3.35. The smallest absolute Gasteiger partial charge is 0.128 e. The fourth-order valence-electron chi connectivity index (χ4n) is 1.54. The first kappa shape index (κ1) is 8.38. The fourth-order valence-corrected chi connectivity index (χ4v) is 1.54. The Morgan fingerprint density at radius 1 is 1.54 bits per heavy atom. The molecule has 0 radical (unpaired) electrons. The summed E-state index contributed by atoms with van der Waals surface area (Å²) in [6.45, 7) is 1.69. The van der Waals surface area contributed by atoms with Crippen LogP contribution in [0.5, 0.6) is 11.5 Å². The summed E-state index contributed by atoms with van der Waals surface area (Å²) in [5.41, 5.74) is 0.799. The van der Waals surface area contributed by atoms with Crippen molar-refractivity contribution < 1.29 is 14.9 Å². The fraction of sp³-hybridized carbons (Fsp3) is 0.400. The van der Waals surface area contributed by atoms with E-state index in [2.05, 4.69) is 0 Å². The lowest BCUT2D eigenvalue weighted by atomic mass is 10.1. The third kappa shape index (κ3) is 1.35. The third-order valence-electron chi connectivity index (χ3n) is 2.33. The number of benzene rings is 1. The number of aliphatic hydroxyl groups is 1. The van der Waals surface area contributed by atoms with Crippen LogP contribution in [-0.2, 0) is 6.42 Å². The molecule has 2 rings (SSSR count). The molecule has 1 aliphatic heterocycles. The van der Waals surface area contributed by atoms with E-state index in [-0.39, 0.29) is 11.9 Å². The average Bonchev–Trinajstić information content (AvgIpc) is 2.49. The molecule has 2 N–H and O–H groups in total. The summed E-state index contributed by atoms with van der Waals surface area (Å²) in [6, 6.07) is 5.17. The Hall–Kier alpha value is -1.22. The Bertz CT molecular complexity index is 320. The van der Waals surface area contributed by atoms with Gasteiger partial charge in [-0.25, -0.2) is 0 Å². The molecule has 0 fully saturated rings. The van der Waals surface area contributed by atoms with Crippen LogP contribution >= 0.6 is 0 Å². The highest BCUT2D eigenvalue weighted by Gasteiger charge is 2.28. The average molecular weight is 180 g/mol. The van der Waals surface area contributed by atoms with Gasteiger partial charge in [0.15, 0.2) is 0 Å². The summed E-state index contributed by atoms with van der Waals surface area (Å²) in [6.07, 6.45) is -0.144. The van der Waals surface area contributed by atoms with Crippen LogP contribution in [0.1, 0.15) is 12.5 Å². The van der Waals surface area contributed by atoms with Gasteiger partial charge in [-0.2, -0.15) is 0 Å². The second kappa shape index (κ2) is 2.92. The van der Waals surface area contributed by atoms with Crippen LogP contribution in [0.15, 0.2) is 18.2 Å². The molecule has 0 aromatic heterocycles. The van der Waals surface area contributed by atoms with Gasteiger partial charge in [-0.1, -0.05) is 6.07 Å². The van der Waals surface area contributed by atoms with Crippen LogP contribution < -0.4 is 4.74 Å². The molecule has 0 amide bonds. The van der Waals surface area contributed by atoms with Crippen molar-refractivity contribution in [1.82, 2.24) is 0 Å². The van der Waals surface area contributed by atoms with Crippen molar-refractivity contribution in [3.63, 3.8) is 0 Å². The van der Waals surface area contributed by atoms with Gasteiger partial charge in [0.1, 0.15) is 17.6 Å². The number of aliphatic hydroxyl groups excluding tert-OH is 1. The lowest BCUT2D eigenvalue weighted by molar-refractivity contribution is 0.0632. The maximum Gasteiger partial charge on any atom is 0.128 e. The first-order valence-electron chi connectivity index (χ1n) is 4.34. The van der Waals surface area contributed by atoms with Gasteiger partial charge in [-0.15, -0.1) is 0 Å². The number of phenolic OH excluding ortho intramolecular Hbond substituents is 1. The number of rotatable bonds is 1. The molecule has 70 valence electrons. The quantitative estimate of drug-likeness (QED) is 0.679. The van der Waals surface area contributed by atoms with Gasteiger partial charge >= 0.3 is 0 Å². The van der Waals surface area contributed by atoms with Gasteiger partial charge in [0.2, 0.25) is 0 Å². The summed E-state index contributed by atoms with van der Waals surface area (Å²) >= 11 is 0. The van der Waals surface area contributed by atoms with Crippen molar-refractivity contribution in [2.24, 2.45) is 0 Å². The normalized spacial score (nSPS) is 22.2. The number of fused-ring (bicyclic) bond motifs is 1. The number of phenols is 1. The Morgan fingerprint density at radius 3 is 2.92 bits per heavy atom. The molecule has 3 nitrogen and oxygen atoms in total. The zero-order valence-corrected chi connectivity index (χ0v) is 7.40. The standard InChI is InChI=1S/C10H12O3/c1-6(11)10-5-7-8(12)3-2-4-9(7)13-10/h2-4,6,10-12H,5H2,1H3. The molecule has 2 unspecified atom stereocenters. The topological polar surface area (TPSA) is 49.7 Å². The van der Waals surface area contributed by atoms with Gasteiger partial charge in [0.05, 0.1) is 6.10 Å². The van der Waals surface area contributed by atoms with E-state index in [0.717, 1.165) is 5.56 Å². The van der Waals surface area contributed by atoms with E-state index in [1.165, 1.54) is 0 Å². The zero-order chi connectivity index (χ0) is 9.42. The molecule has 1 aromatic rings. The summed E-state index contributed by atoms with van der Waals surface area (Å²) in [7, 11) is 0. The number of hydrogen-bond acceptors (Lipinski definition) is 3. The Balaban J connectivity index is 2.30. The first-order valence-corrected chi connectivity index (χ1v) is 4.34. The maximum atomic E-state index is 9.47. The van der Waals surface area contributed by atoms with Crippen molar-refractivity contribution in [2.75, 3.05) is 0 Å². The molecule has 0 spiro atoms. The minimum absolute atomic E-state index is 0.219. The monoisotopic (exact) mass is 180 g/mol. The minimum atomic E-state index is -0.508. The van der Waals surface area contributed by atoms with E-state index in [9.17, 15) is 10.2 Å². The van der Waals surface area contributed by atoms with Crippen LogP contribution in [0.4, 0.5) is 0 Å². The summed E-state index contributed by atoms with van der Waals surface area (Å²) in [5, 5.41) is 18.8. The van der Waals surface area contributed by atoms with E-state index in [0.29, 0.717) is 12.2 Å². The molecule has 1 aliphatic rings. The van der Waals surface area contributed by atoms with Crippen molar-refractivity contribution in [3.05, 3.63) is 23.8 Å². The Kier molecular flexibility index (Phi) is 1.88. The predicted octanol–water partition coefficient (Wildman–Crippen LogP) is 1.08. The van der Waals surface area contributed by atoms with E-state index >= 15 is 0 Å². The summed E-state index contributed by atoms with van der Waals surface area (Å²) < 4.78 is 5.44. The van der Waals surface area contributed by atoms with E-state index < -0.39 is 6.10 Å². The van der Waals surface area contributed by atoms with Crippen LogP contribution in [0.3, 0.4) is 0 Å². The van der Waals surface area contributed by atoms with Crippen LogP contribution in [0, 0.1) is 0 Å². The van der Waals surface area contributed by atoms with Crippen molar-refractivity contribution in [3.8, 4) is 11.5 Å². The molecule has 1 aromatic carbocycles. The lowest BCUT2D eigenvalue weighted by Gasteiger charge is -2.12. The summed E-state index contributed by atoms with van der Waals surface area (Å²) in [5.74, 6) is 0.937. The number of aromatic hydroxyl groups is 1. The van der Waals surface area contributed by atoms with Crippen molar-refractivity contribution >= 4 is 0 Å². The van der Waals surface area contributed by atoms with Crippen molar-refractivity contribution in [1.29, 1.82) is 0 Å². The van der Waals surface area contributed by atoms with Crippen molar-refractivity contribution in [2.45, 2.75) is 25.6 Å². The molecule has 2 atom stereocenters. The molecule has 0 saturated heterocycles. The van der Waals surface area contributed by atoms with Gasteiger partial charge in [0, 0.05) is 12.0 Å². The van der Waals surface area contributed by atoms with Gasteiger partial charge < -0.3 is 14.9 Å². The third-order valence-corrected chi connectivity index (χ3v) is 2.33. The SMILES string of the molecule is CC(O)C1Cc2c(O)cccc2O1. The molecule has 0 bridgehead atoms. The molecule has 1 heterocycles. The van der Waals surface area contributed by atoms with Crippen LogP contribution in [-0.4, -0.2) is 22.4 Å². The highest BCUT2D eigenvalue weighted by atomic mass is 16.5. The Labute approximate surface area is 76.6 Å². The Morgan fingerprint density at radius 2 is 2.31 bits per heavy atom. The molecular weight excluding hydrogens is 168 g/mol. The van der Waals surface area contributed by atoms with Crippen LogP contribution in [0.25, 0.3) is 0 Å². The second-order valence-electron chi connectivity index (χ2n) is 3.35. The van der Waals surface area contributed by atoms with E-state index in [1.807, 2.05) is 0 Å². The van der Waals surface area contributed by atoms with Gasteiger partial charge in [-0.3, -0.25) is 0 Å². The van der Waals surface area contributed by atoms with E-state index in [1.54, 1.807) is 25.1 Å². The molecule has 0 saturated carbocycles. The first-order chi connectivity index (χ1) is 6.18. The zero-order valence-electron chi connectivity index (χ0n) is 7.40. The number of ether oxygens (including phenoxy) is 1. The highest BCUT2D eigenvalue weighted by Crippen LogP contribution is 2.35. The van der Waals surface area contributed by atoms with Crippen LogP contribution in [0.2, 0.25) is 0 Å². The van der Waals surface area contributed by atoms with Gasteiger partial charge in [-0.05, 0) is 19.1 Å². The molecule has 13 heavy (non-hydrogen) atoms. The molecule has 3 heteroatoms.